The minimum absolute atomic E-state index is 0.0184. The van der Waals surface area contributed by atoms with E-state index in [4.69, 9.17) is 4.74 Å². The number of ether oxygens (including phenoxy) is 1. The number of allylic oxidation sites excluding steroid dienone is 1. The first-order valence-electron chi connectivity index (χ1n) is 10.0. The van der Waals surface area contributed by atoms with Crippen molar-refractivity contribution >= 4 is 23.3 Å². The monoisotopic (exact) mass is 404 g/mol. The molecule has 4 rings (SSSR count). The lowest BCUT2D eigenvalue weighted by atomic mass is 9.75. The summed E-state index contributed by atoms with van der Waals surface area (Å²) in [5, 5.41) is 5.69. The van der Waals surface area contributed by atoms with Gasteiger partial charge in [0.2, 0.25) is 11.8 Å². The maximum absolute atomic E-state index is 13.0. The molecule has 6 nitrogen and oxygen atoms in total. The smallest absolute Gasteiger partial charge is 0.232 e. The van der Waals surface area contributed by atoms with E-state index >= 15 is 0 Å². The average Bonchev–Trinajstić information content (AvgIpc) is 2.74. The van der Waals surface area contributed by atoms with E-state index in [1.807, 2.05) is 55.5 Å². The fraction of sp³-hybridized carbons (Fsp3) is 0.292. The summed E-state index contributed by atoms with van der Waals surface area (Å²) in [7, 11) is 1.61. The lowest BCUT2D eigenvalue weighted by Crippen LogP contribution is -2.43. The summed E-state index contributed by atoms with van der Waals surface area (Å²) in [6, 6.07) is 15.0. The zero-order chi connectivity index (χ0) is 21.3. The second kappa shape index (κ2) is 8.14. The Bertz CT molecular complexity index is 1020. The first-order chi connectivity index (χ1) is 14.4. The number of methoxy groups -OCH3 is 1. The molecule has 0 saturated heterocycles. The molecule has 0 fully saturated rings. The normalized spacial score (nSPS) is 21.0. The van der Waals surface area contributed by atoms with Gasteiger partial charge in [-0.2, -0.15) is 0 Å². The summed E-state index contributed by atoms with van der Waals surface area (Å²) < 4.78 is 5.20. The Kier molecular flexibility index (Phi) is 5.40. The molecule has 6 heteroatoms. The fourth-order valence-electron chi connectivity index (χ4n) is 4.16. The van der Waals surface area contributed by atoms with Crippen molar-refractivity contribution < 1.29 is 19.1 Å². The zero-order valence-electron chi connectivity index (χ0n) is 17.0. The molecular weight excluding hydrogens is 380 g/mol. The molecular formula is C24H24N2O4. The molecule has 1 aliphatic heterocycles. The number of ketones is 1. The number of Topliss-reactive ketones (excluding diaryl/α,β-unsaturated/α-hetero) is 1. The Hall–Kier alpha value is -3.41. The van der Waals surface area contributed by atoms with Gasteiger partial charge in [0.15, 0.2) is 5.78 Å². The van der Waals surface area contributed by atoms with Crippen LogP contribution in [0, 0.1) is 12.8 Å². The molecule has 154 valence electrons. The molecule has 0 spiro atoms. The van der Waals surface area contributed by atoms with Crippen LogP contribution in [0.1, 0.15) is 36.3 Å². The third kappa shape index (κ3) is 3.99. The summed E-state index contributed by atoms with van der Waals surface area (Å²) in [6.45, 7) is 1.97. The number of amides is 2. The molecule has 0 saturated carbocycles. The Morgan fingerprint density at radius 3 is 2.37 bits per heavy atom. The van der Waals surface area contributed by atoms with Crippen molar-refractivity contribution in [3.05, 3.63) is 70.9 Å². The summed E-state index contributed by atoms with van der Waals surface area (Å²) in [5.41, 5.74) is 3.77. The second-order valence-corrected chi connectivity index (χ2v) is 7.85. The van der Waals surface area contributed by atoms with Crippen LogP contribution < -0.4 is 15.4 Å². The summed E-state index contributed by atoms with van der Waals surface area (Å²) in [5.74, 6) is -0.695. The van der Waals surface area contributed by atoms with Crippen molar-refractivity contribution in [3.63, 3.8) is 0 Å². The number of carbonyl (C=O) groups excluding carboxylic acids is 3. The highest BCUT2D eigenvalue weighted by atomic mass is 16.5. The Morgan fingerprint density at radius 1 is 1.00 bits per heavy atom. The third-order valence-corrected chi connectivity index (χ3v) is 5.76. The van der Waals surface area contributed by atoms with E-state index in [1.165, 1.54) is 0 Å². The number of carbonyl (C=O) groups is 3. The molecule has 2 N–H and O–H groups in total. The van der Waals surface area contributed by atoms with Crippen molar-refractivity contribution in [3.8, 4) is 5.75 Å². The van der Waals surface area contributed by atoms with Gasteiger partial charge in [-0.1, -0.05) is 29.8 Å². The van der Waals surface area contributed by atoms with Crippen LogP contribution in [-0.4, -0.2) is 24.7 Å². The number of rotatable bonds is 4. The highest BCUT2D eigenvalue weighted by Gasteiger charge is 2.40. The molecule has 0 aromatic heterocycles. The topological polar surface area (TPSA) is 84.5 Å². The fourth-order valence-corrected chi connectivity index (χ4v) is 4.16. The van der Waals surface area contributed by atoms with Crippen molar-refractivity contribution in [2.75, 3.05) is 12.4 Å². The standard InChI is InChI=1S/C24H24N2O4/c1-14-3-7-17(8-4-14)25-24(29)19-13-22(28)26-20-11-16(12-21(27)23(19)20)15-5-9-18(30-2)10-6-15/h3-10,16,19H,11-13H2,1-2H3,(H,25,29)(H,26,28)/t16-,19+/m1/s1. The second-order valence-electron chi connectivity index (χ2n) is 7.85. The molecule has 2 aromatic carbocycles. The van der Waals surface area contributed by atoms with Gasteiger partial charge in [0.1, 0.15) is 5.75 Å². The molecule has 2 aliphatic rings. The third-order valence-electron chi connectivity index (χ3n) is 5.76. The first-order valence-corrected chi connectivity index (χ1v) is 10.0. The molecule has 1 heterocycles. The van der Waals surface area contributed by atoms with E-state index in [-0.39, 0.29) is 29.9 Å². The van der Waals surface area contributed by atoms with Crippen LogP contribution in [-0.2, 0) is 14.4 Å². The van der Waals surface area contributed by atoms with Gasteiger partial charge in [-0.15, -0.1) is 0 Å². The van der Waals surface area contributed by atoms with Gasteiger partial charge in [-0.3, -0.25) is 14.4 Å². The molecule has 30 heavy (non-hydrogen) atoms. The lowest BCUT2D eigenvalue weighted by molar-refractivity contribution is -0.129. The SMILES string of the molecule is COc1ccc([C@H]2CC(=O)C3=C(C2)NC(=O)C[C@@H]3C(=O)Nc2ccc(C)cc2)cc1. The van der Waals surface area contributed by atoms with Gasteiger partial charge >= 0.3 is 0 Å². The van der Waals surface area contributed by atoms with E-state index in [1.54, 1.807) is 7.11 Å². The first kappa shape index (κ1) is 19.9. The van der Waals surface area contributed by atoms with Crippen LogP contribution in [0.5, 0.6) is 5.75 Å². The average molecular weight is 404 g/mol. The molecule has 0 bridgehead atoms. The number of hydrogen-bond donors (Lipinski definition) is 2. The van der Waals surface area contributed by atoms with Crippen LogP contribution in [0.25, 0.3) is 0 Å². The minimum atomic E-state index is -0.764. The van der Waals surface area contributed by atoms with Crippen molar-refractivity contribution in [2.45, 2.75) is 32.1 Å². The van der Waals surface area contributed by atoms with Gasteiger partial charge in [0.05, 0.1) is 13.0 Å². The predicted octanol–water partition coefficient (Wildman–Crippen LogP) is 3.48. The molecule has 0 unspecified atom stereocenters. The highest BCUT2D eigenvalue weighted by molar-refractivity contribution is 6.09. The molecule has 1 aliphatic carbocycles. The Morgan fingerprint density at radius 2 is 1.70 bits per heavy atom. The van der Waals surface area contributed by atoms with Crippen molar-refractivity contribution in [2.24, 2.45) is 5.92 Å². The van der Waals surface area contributed by atoms with Gasteiger partial charge in [-0.25, -0.2) is 0 Å². The summed E-state index contributed by atoms with van der Waals surface area (Å²) in [6.07, 6.45) is 0.818. The van der Waals surface area contributed by atoms with E-state index in [0.717, 1.165) is 16.9 Å². The van der Waals surface area contributed by atoms with E-state index in [9.17, 15) is 14.4 Å². The Labute approximate surface area is 175 Å². The minimum Gasteiger partial charge on any atom is -0.497 e. The number of hydrogen-bond acceptors (Lipinski definition) is 4. The maximum atomic E-state index is 13.0. The highest BCUT2D eigenvalue weighted by Crippen LogP contribution is 2.39. The van der Waals surface area contributed by atoms with Crippen molar-refractivity contribution in [1.29, 1.82) is 0 Å². The van der Waals surface area contributed by atoms with Crippen LogP contribution in [0.15, 0.2) is 59.8 Å². The molecule has 2 aromatic rings. The Balaban J connectivity index is 1.58. The molecule has 2 amide bonds. The quantitative estimate of drug-likeness (QED) is 0.817. The van der Waals surface area contributed by atoms with Gasteiger partial charge < -0.3 is 15.4 Å². The molecule has 2 atom stereocenters. The van der Waals surface area contributed by atoms with E-state index in [0.29, 0.717) is 29.8 Å². The van der Waals surface area contributed by atoms with E-state index in [2.05, 4.69) is 10.6 Å². The number of nitrogens with one attached hydrogen (secondary N) is 2. The number of aryl methyl sites for hydroxylation is 1. The number of benzene rings is 2. The summed E-state index contributed by atoms with van der Waals surface area (Å²) in [4.78, 5) is 38.3. The number of anilines is 1. The van der Waals surface area contributed by atoms with Crippen LogP contribution in [0.2, 0.25) is 0 Å². The van der Waals surface area contributed by atoms with Crippen LogP contribution >= 0.6 is 0 Å². The van der Waals surface area contributed by atoms with E-state index < -0.39 is 5.92 Å². The van der Waals surface area contributed by atoms with Crippen LogP contribution in [0.3, 0.4) is 0 Å². The van der Waals surface area contributed by atoms with Gasteiger partial charge in [0.25, 0.3) is 0 Å². The lowest BCUT2D eigenvalue weighted by Gasteiger charge is -2.33. The van der Waals surface area contributed by atoms with Crippen LogP contribution in [0.4, 0.5) is 5.69 Å². The van der Waals surface area contributed by atoms with Gasteiger partial charge in [0, 0.05) is 29.8 Å². The zero-order valence-corrected chi connectivity index (χ0v) is 17.0. The largest absolute Gasteiger partial charge is 0.497 e. The molecule has 0 radical (unpaired) electrons. The maximum Gasteiger partial charge on any atom is 0.232 e. The van der Waals surface area contributed by atoms with Crippen molar-refractivity contribution in [1.82, 2.24) is 5.32 Å². The van der Waals surface area contributed by atoms with Gasteiger partial charge in [-0.05, 0) is 49.1 Å². The predicted molar refractivity (Wildman–Crippen MR) is 113 cm³/mol. The summed E-state index contributed by atoms with van der Waals surface area (Å²) >= 11 is 0.